The summed E-state index contributed by atoms with van der Waals surface area (Å²) in [7, 11) is -2.81. The quantitative estimate of drug-likeness (QED) is 0.880. The van der Waals surface area contributed by atoms with Crippen LogP contribution in [0.1, 0.15) is 25.5 Å². The van der Waals surface area contributed by atoms with Crippen LogP contribution in [0.25, 0.3) is 0 Å². The lowest BCUT2D eigenvalue weighted by molar-refractivity contribution is 0.472. The van der Waals surface area contributed by atoms with Crippen LogP contribution in [0, 0.1) is 0 Å². The highest BCUT2D eigenvalue weighted by Gasteiger charge is 2.24. The van der Waals surface area contributed by atoms with Crippen molar-refractivity contribution in [2.45, 2.75) is 38.9 Å². The summed E-state index contributed by atoms with van der Waals surface area (Å²) >= 11 is 0. The molecule has 4 nitrogen and oxygen atoms in total. The van der Waals surface area contributed by atoms with Gasteiger partial charge in [-0.15, -0.1) is 0 Å². The van der Waals surface area contributed by atoms with E-state index in [2.05, 4.69) is 29.1 Å². The largest absolute Gasteiger partial charge is 0.351 e. The smallest absolute Gasteiger partial charge is 0.151 e. The van der Waals surface area contributed by atoms with Gasteiger partial charge in [0.25, 0.3) is 0 Å². The van der Waals surface area contributed by atoms with E-state index in [0.29, 0.717) is 11.5 Å². The topological polar surface area (TPSA) is 51.1 Å². The van der Waals surface area contributed by atoms with Gasteiger partial charge in [-0.25, -0.2) is 8.42 Å². The SMILES string of the molecule is CCn1cccc1CNC1CCCS(=O)(=O)C1. The molecule has 0 aromatic carbocycles. The fraction of sp³-hybridized carbons (Fsp3) is 0.667. The van der Waals surface area contributed by atoms with Gasteiger partial charge in [0.2, 0.25) is 0 Å². The maximum Gasteiger partial charge on any atom is 0.151 e. The lowest BCUT2D eigenvalue weighted by Gasteiger charge is -2.23. The summed E-state index contributed by atoms with van der Waals surface area (Å²) in [5, 5.41) is 3.35. The molecule has 0 saturated carbocycles. The third kappa shape index (κ3) is 3.33. The maximum absolute atomic E-state index is 11.5. The van der Waals surface area contributed by atoms with Gasteiger partial charge in [0.15, 0.2) is 9.84 Å². The molecule has 1 aliphatic rings. The first-order chi connectivity index (χ1) is 8.11. The van der Waals surface area contributed by atoms with Crippen molar-refractivity contribution in [3.05, 3.63) is 24.0 Å². The van der Waals surface area contributed by atoms with Crippen LogP contribution in [-0.4, -0.2) is 30.5 Å². The van der Waals surface area contributed by atoms with Gasteiger partial charge in [-0.05, 0) is 31.9 Å². The van der Waals surface area contributed by atoms with E-state index in [-0.39, 0.29) is 6.04 Å². The molecule has 17 heavy (non-hydrogen) atoms. The van der Waals surface area contributed by atoms with Crippen molar-refractivity contribution in [2.75, 3.05) is 11.5 Å². The molecular formula is C12H20N2O2S. The van der Waals surface area contributed by atoms with E-state index in [1.807, 2.05) is 6.07 Å². The van der Waals surface area contributed by atoms with E-state index in [4.69, 9.17) is 0 Å². The van der Waals surface area contributed by atoms with Crippen molar-refractivity contribution in [3.63, 3.8) is 0 Å². The average Bonchev–Trinajstić information content (AvgIpc) is 2.72. The molecule has 2 heterocycles. The monoisotopic (exact) mass is 256 g/mol. The molecule has 0 amide bonds. The molecule has 0 radical (unpaired) electrons. The highest BCUT2D eigenvalue weighted by atomic mass is 32.2. The maximum atomic E-state index is 11.5. The van der Waals surface area contributed by atoms with Gasteiger partial charge in [0.1, 0.15) is 0 Å². The summed E-state index contributed by atoms with van der Waals surface area (Å²) < 4.78 is 25.2. The molecule has 1 atom stereocenters. The van der Waals surface area contributed by atoms with Crippen molar-refractivity contribution in [2.24, 2.45) is 0 Å². The predicted octanol–water partition coefficient (Wildman–Crippen LogP) is 1.17. The molecule has 1 aromatic heterocycles. The minimum absolute atomic E-state index is 0.119. The zero-order chi connectivity index (χ0) is 12.3. The summed E-state index contributed by atoms with van der Waals surface area (Å²) in [5.41, 5.74) is 1.22. The Morgan fingerprint density at radius 2 is 2.35 bits per heavy atom. The number of aromatic nitrogens is 1. The molecule has 1 fully saturated rings. The lowest BCUT2D eigenvalue weighted by atomic mass is 10.2. The van der Waals surface area contributed by atoms with Crippen LogP contribution in [0.5, 0.6) is 0 Å². The molecule has 1 N–H and O–H groups in total. The molecule has 0 spiro atoms. The zero-order valence-corrected chi connectivity index (χ0v) is 11.0. The molecule has 96 valence electrons. The van der Waals surface area contributed by atoms with Crippen LogP contribution in [0.2, 0.25) is 0 Å². The zero-order valence-electron chi connectivity index (χ0n) is 10.2. The van der Waals surface area contributed by atoms with Gasteiger partial charge in [0.05, 0.1) is 11.5 Å². The Morgan fingerprint density at radius 1 is 1.53 bits per heavy atom. The molecule has 0 aliphatic carbocycles. The highest BCUT2D eigenvalue weighted by Crippen LogP contribution is 2.13. The second-order valence-corrected chi connectivity index (χ2v) is 6.85. The van der Waals surface area contributed by atoms with Crippen molar-refractivity contribution in [1.29, 1.82) is 0 Å². The number of sulfone groups is 1. The highest BCUT2D eigenvalue weighted by molar-refractivity contribution is 7.91. The summed E-state index contributed by atoms with van der Waals surface area (Å²) in [6.45, 7) is 3.81. The second kappa shape index (κ2) is 5.23. The summed E-state index contributed by atoms with van der Waals surface area (Å²) in [6, 6.07) is 4.22. The van der Waals surface area contributed by atoms with Crippen molar-refractivity contribution < 1.29 is 8.42 Å². The van der Waals surface area contributed by atoms with Crippen molar-refractivity contribution in [3.8, 4) is 0 Å². The van der Waals surface area contributed by atoms with Gasteiger partial charge < -0.3 is 9.88 Å². The standard InChI is InChI=1S/C12H20N2O2S/c1-2-14-7-3-6-12(14)9-13-11-5-4-8-17(15,16)10-11/h3,6-7,11,13H,2,4-5,8-10H2,1H3. The molecule has 2 rings (SSSR count). The van der Waals surface area contributed by atoms with E-state index in [0.717, 1.165) is 25.9 Å². The van der Waals surface area contributed by atoms with Crippen molar-refractivity contribution >= 4 is 9.84 Å². The first-order valence-electron chi connectivity index (χ1n) is 6.18. The number of nitrogens with one attached hydrogen (secondary N) is 1. The van der Waals surface area contributed by atoms with Gasteiger partial charge in [-0.1, -0.05) is 0 Å². The number of hydrogen-bond acceptors (Lipinski definition) is 3. The van der Waals surface area contributed by atoms with Crippen LogP contribution >= 0.6 is 0 Å². The molecular weight excluding hydrogens is 236 g/mol. The first-order valence-corrected chi connectivity index (χ1v) is 8.00. The molecule has 1 aromatic rings. The molecule has 5 heteroatoms. The Bertz CT molecular complexity index is 465. The van der Waals surface area contributed by atoms with Crippen molar-refractivity contribution in [1.82, 2.24) is 9.88 Å². The second-order valence-electron chi connectivity index (χ2n) is 4.62. The Morgan fingerprint density at radius 3 is 3.06 bits per heavy atom. The first kappa shape index (κ1) is 12.6. The van der Waals surface area contributed by atoms with E-state index in [9.17, 15) is 8.42 Å². The van der Waals surface area contributed by atoms with E-state index < -0.39 is 9.84 Å². The number of aryl methyl sites for hydroxylation is 1. The van der Waals surface area contributed by atoms with Crippen LogP contribution in [0.3, 0.4) is 0 Å². The number of rotatable bonds is 4. The fourth-order valence-corrected chi connectivity index (χ4v) is 4.02. The summed E-state index contributed by atoms with van der Waals surface area (Å²) in [5.74, 6) is 0.649. The van der Waals surface area contributed by atoms with Gasteiger partial charge >= 0.3 is 0 Å². The van der Waals surface area contributed by atoms with Crippen LogP contribution in [0.15, 0.2) is 18.3 Å². The van der Waals surface area contributed by atoms with E-state index in [1.54, 1.807) is 0 Å². The number of nitrogens with zero attached hydrogens (tertiary/aromatic N) is 1. The lowest BCUT2D eigenvalue weighted by Crippen LogP contribution is -2.40. The normalized spacial score (nSPS) is 23.7. The average molecular weight is 256 g/mol. The van der Waals surface area contributed by atoms with Gasteiger partial charge in [-0.2, -0.15) is 0 Å². The molecule has 1 aliphatic heterocycles. The van der Waals surface area contributed by atoms with Gasteiger partial charge in [-0.3, -0.25) is 0 Å². The van der Waals surface area contributed by atoms with E-state index in [1.165, 1.54) is 5.69 Å². The minimum atomic E-state index is -2.81. The fourth-order valence-electron chi connectivity index (χ4n) is 2.35. The Hall–Kier alpha value is -0.810. The summed E-state index contributed by atoms with van der Waals surface area (Å²) in [4.78, 5) is 0. The third-order valence-electron chi connectivity index (χ3n) is 3.30. The Labute approximate surface area is 103 Å². The Kier molecular flexibility index (Phi) is 3.89. The summed E-state index contributed by atoms with van der Waals surface area (Å²) in [6.07, 6.45) is 3.80. The molecule has 1 saturated heterocycles. The van der Waals surface area contributed by atoms with Crippen LogP contribution in [0.4, 0.5) is 0 Å². The molecule has 0 bridgehead atoms. The van der Waals surface area contributed by atoms with Crippen LogP contribution in [-0.2, 0) is 22.9 Å². The number of hydrogen-bond donors (Lipinski definition) is 1. The Balaban J connectivity index is 1.90. The van der Waals surface area contributed by atoms with Crippen LogP contribution < -0.4 is 5.32 Å². The third-order valence-corrected chi connectivity index (χ3v) is 5.12. The molecule has 1 unspecified atom stereocenters. The van der Waals surface area contributed by atoms with E-state index >= 15 is 0 Å². The minimum Gasteiger partial charge on any atom is -0.351 e. The predicted molar refractivity (Wildman–Crippen MR) is 68.6 cm³/mol. The van der Waals surface area contributed by atoms with Gasteiger partial charge in [0, 0.05) is 31.0 Å².